The van der Waals surface area contributed by atoms with Crippen LogP contribution in [0.2, 0.25) is 0 Å². The standard InChI is InChI=1S/C10H17NO3/c1-2-9-5-11(3-4-14-9)10(12)8-6-13-7-8/h8-9H,2-7H2,1H3. The number of ether oxygens (including phenoxy) is 2. The van der Waals surface area contributed by atoms with Crippen LogP contribution in [-0.2, 0) is 14.3 Å². The minimum atomic E-state index is 0.116. The molecule has 0 spiro atoms. The molecule has 0 aromatic carbocycles. The van der Waals surface area contributed by atoms with Gasteiger partial charge in [-0.15, -0.1) is 0 Å². The van der Waals surface area contributed by atoms with Crippen molar-refractivity contribution in [2.45, 2.75) is 19.4 Å². The number of morpholine rings is 1. The van der Waals surface area contributed by atoms with Crippen molar-refractivity contribution in [2.75, 3.05) is 32.9 Å². The molecule has 0 saturated carbocycles. The van der Waals surface area contributed by atoms with E-state index in [2.05, 4.69) is 6.92 Å². The molecule has 0 radical (unpaired) electrons. The van der Waals surface area contributed by atoms with Crippen LogP contribution in [0.25, 0.3) is 0 Å². The second-order valence-corrected chi connectivity index (χ2v) is 3.92. The number of amides is 1. The van der Waals surface area contributed by atoms with Gasteiger partial charge in [-0.1, -0.05) is 6.92 Å². The largest absolute Gasteiger partial charge is 0.380 e. The molecule has 2 fully saturated rings. The lowest BCUT2D eigenvalue weighted by molar-refractivity contribution is -0.156. The van der Waals surface area contributed by atoms with Crippen molar-refractivity contribution < 1.29 is 14.3 Å². The SMILES string of the molecule is CCC1CN(C(=O)C2COC2)CCO1. The predicted molar refractivity (Wildman–Crippen MR) is 50.9 cm³/mol. The Hall–Kier alpha value is -0.610. The molecule has 4 nitrogen and oxygen atoms in total. The smallest absolute Gasteiger partial charge is 0.230 e. The van der Waals surface area contributed by atoms with E-state index in [9.17, 15) is 4.79 Å². The number of hydrogen-bond acceptors (Lipinski definition) is 3. The average molecular weight is 199 g/mol. The summed E-state index contributed by atoms with van der Waals surface area (Å²) in [6.45, 7) is 5.47. The molecule has 0 N–H and O–H groups in total. The molecular formula is C10H17NO3. The number of carbonyl (C=O) groups excluding carboxylic acids is 1. The lowest BCUT2D eigenvalue weighted by Gasteiger charge is -2.36. The molecule has 0 bridgehead atoms. The van der Waals surface area contributed by atoms with E-state index in [1.165, 1.54) is 0 Å². The Bertz CT molecular complexity index is 215. The summed E-state index contributed by atoms with van der Waals surface area (Å²) in [7, 11) is 0. The van der Waals surface area contributed by atoms with Gasteiger partial charge in [-0.25, -0.2) is 0 Å². The maximum absolute atomic E-state index is 11.8. The monoisotopic (exact) mass is 199 g/mol. The van der Waals surface area contributed by atoms with E-state index in [0.29, 0.717) is 19.8 Å². The van der Waals surface area contributed by atoms with Gasteiger partial charge in [0.1, 0.15) is 0 Å². The van der Waals surface area contributed by atoms with Crippen LogP contribution in [0.1, 0.15) is 13.3 Å². The zero-order valence-corrected chi connectivity index (χ0v) is 8.57. The summed E-state index contributed by atoms with van der Waals surface area (Å²) in [5, 5.41) is 0. The maximum Gasteiger partial charge on any atom is 0.230 e. The molecule has 80 valence electrons. The summed E-state index contributed by atoms with van der Waals surface area (Å²) in [5.41, 5.74) is 0. The second-order valence-electron chi connectivity index (χ2n) is 3.92. The van der Waals surface area contributed by atoms with E-state index in [1.54, 1.807) is 0 Å². The summed E-state index contributed by atoms with van der Waals surface area (Å²) in [5.74, 6) is 0.364. The topological polar surface area (TPSA) is 38.8 Å². The summed E-state index contributed by atoms with van der Waals surface area (Å²) in [6.07, 6.45) is 1.21. The lowest BCUT2D eigenvalue weighted by Crippen LogP contribution is -2.51. The summed E-state index contributed by atoms with van der Waals surface area (Å²) >= 11 is 0. The fourth-order valence-corrected chi connectivity index (χ4v) is 1.80. The summed E-state index contributed by atoms with van der Waals surface area (Å²) < 4.78 is 10.5. The lowest BCUT2D eigenvalue weighted by atomic mass is 10.1. The Morgan fingerprint density at radius 2 is 2.29 bits per heavy atom. The average Bonchev–Trinajstić information content (AvgIpc) is 2.15. The third-order valence-corrected chi connectivity index (χ3v) is 2.89. The molecule has 1 atom stereocenters. The fourth-order valence-electron chi connectivity index (χ4n) is 1.80. The normalized spacial score (nSPS) is 28.6. The molecule has 0 aromatic heterocycles. The highest BCUT2D eigenvalue weighted by Crippen LogP contribution is 2.16. The zero-order chi connectivity index (χ0) is 9.97. The van der Waals surface area contributed by atoms with E-state index >= 15 is 0 Å². The van der Waals surface area contributed by atoms with Crippen LogP contribution in [0.3, 0.4) is 0 Å². The van der Waals surface area contributed by atoms with Crippen molar-refractivity contribution in [3.8, 4) is 0 Å². The molecule has 2 saturated heterocycles. The van der Waals surface area contributed by atoms with Gasteiger partial charge in [0.2, 0.25) is 5.91 Å². The molecule has 2 heterocycles. The van der Waals surface area contributed by atoms with E-state index < -0.39 is 0 Å². The highest BCUT2D eigenvalue weighted by atomic mass is 16.5. The Labute approximate surface area is 84.2 Å². The minimum absolute atomic E-state index is 0.116. The van der Waals surface area contributed by atoms with E-state index in [0.717, 1.165) is 19.5 Å². The predicted octanol–water partition coefficient (Wildman–Crippen LogP) is 0.270. The quantitative estimate of drug-likeness (QED) is 0.641. The zero-order valence-electron chi connectivity index (χ0n) is 8.57. The molecule has 1 amide bonds. The van der Waals surface area contributed by atoms with Crippen LogP contribution in [0.4, 0.5) is 0 Å². The first-order valence-corrected chi connectivity index (χ1v) is 5.29. The third-order valence-electron chi connectivity index (χ3n) is 2.89. The molecule has 1 unspecified atom stereocenters. The summed E-state index contributed by atoms with van der Waals surface area (Å²) in [4.78, 5) is 13.8. The van der Waals surface area contributed by atoms with Crippen LogP contribution >= 0.6 is 0 Å². The van der Waals surface area contributed by atoms with E-state index in [4.69, 9.17) is 9.47 Å². The van der Waals surface area contributed by atoms with Gasteiger partial charge in [0, 0.05) is 13.1 Å². The second kappa shape index (κ2) is 4.28. The molecule has 2 aliphatic rings. The third kappa shape index (κ3) is 1.91. The van der Waals surface area contributed by atoms with Crippen molar-refractivity contribution >= 4 is 5.91 Å². The number of nitrogens with zero attached hydrogens (tertiary/aromatic N) is 1. The van der Waals surface area contributed by atoms with Gasteiger partial charge in [0.15, 0.2) is 0 Å². The van der Waals surface area contributed by atoms with Gasteiger partial charge in [0.25, 0.3) is 0 Å². The van der Waals surface area contributed by atoms with Crippen LogP contribution in [-0.4, -0.2) is 49.8 Å². The number of rotatable bonds is 2. The highest BCUT2D eigenvalue weighted by Gasteiger charge is 2.32. The van der Waals surface area contributed by atoms with Crippen molar-refractivity contribution in [1.29, 1.82) is 0 Å². The van der Waals surface area contributed by atoms with Gasteiger partial charge in [-0.2, -0.15) is 0 Å². The first kappa shape index (κ1) is 9.93. The number of hydrogen-bond donors (Lipinski definition) is 0. The molecule has 2 rings (SSSR count). The Kier molecular flexibility index (Phi) is 3.03. The van der Waals surface area contributed by atoms with E-state index in [1.807, 2.05) is 4.90 Å². The molecule has 4 heteroatoms. The van der Waals surface area contributed by atoms with Gasteiger partial charge < -0.3 is 14.4 Å². The summed E-state index contributed by atoms with van der Waals surface area (Å²) in [6, 6.07) is 0. The molecule has 0 aliphatic carbocycles. The molecular weight excluding hydrogens is 182 g/mol. The van der Waals surface area contributed by atoms with Crippen molar-refractivity contribution in [2.24, 2.45) is 5.92 Å². The van der Waals surface area contributed by atoms with Crippen LogP contribution in [0.5, 0.6) is 0 Å². The fraction of sp³-hybridized carbons (Fsp3) is 0.900. The Morgan fingerprint density at radius 1 is 1.50 bits per heavy atom. The first-order valence-electron chi connectivity index (χ1n) is 5.29. The molecule has 0 aromatic rings. The van der Waals surface area contributed by atoms with Crippen LogP contribution in [0.15, 0.2) is 0 Å². The van der Waals surface area contributed by atoms with Gasteiger partial charge in [-0.05, 0) is 6.42 Å². The van der Waals surface area contributed by atoms with Crippen LogP contribution < -0.4 is 0 Å². The number of carbonyl (C=O) groups is 1. The van der Waals surface area contributed by atoms with Gasteiger partial charge >= 0.3 is 0 Å². The minimum Gasteiger partial charge on any atom is -0.380 e. The molecule has 14 heavy (non-hydrogen) atoms. The van der Waals surface area contributed by atoms with Gasteiger partial charge in [-0.3, -0.25) is 4.79 Å². The van der Waals surface area contributed by atoms with E-state index in [-0.39, 0.29) is 17.9 Å². The maximum atomic E-state index is 11.8. The first-order chi connectivity index (χ1) is 6.81. The van der Waals surface area contributed by atoms with Crippen molar-refractivity contribution in [3.05, 3.63) is 0 Å². The molecule has 2 aliphatic heterocycles. The van der Waals surface area contributed by atoms with Crippen molar-refractivity contribution in [1.82, 2.24) is 4.90 Å². The van der Waals surface area contributed by atoms with Crippen LogP contribution in [0, 0.1) is 5.92 Å². The Morgan fingerprint density at radius 3 is 2.86 bits per heavy atom. The van der Waals surface area contributed by atoms with Crippen molar-refractivity contribution in [3.63, 3.8) is 0 Å². The Balaban J connectivity index is 1.86. The van der Waals surface area contributed by atoms with Gasteiger partial charge in [0.05, 0.1) is 31.8 Å². The highest BCUT2D eigenvalue weighted by molar-refractivity contribution is 5.79.